The first kappa shape index (κ1) is 13.3. The van der Waals surface area contributed by atoms with Gasteiger partial charge in [-0.1, -0.05) is 18.7 Å². The van der Waals surface area contributed by atoms with E-state index in [1.54, 1.807) is 6.08 Å². The van der Waals surface area contributed by atoms with Crippen LogP contribution in [0.2, 0.25) is 0 Å². The van der Waals surface area contributed by atoms with Crippen molar-refractivity contribution in [2.75, 3.05) is 25.9 Å². The van der Waals surface area contributed by atoms with E-state index in [0.717, 1.165) is 24.4 Å². The van der Waals surface area contributed by atoms with Crippen LogP contribution in [0.1, 0.15) is 0 Å². The summed E-state index contributed by atoms with van der Waals surface area (Å²) in [6.45, 7) is 5.30. The minimum Gasteiger partial charge on any atom is -0.390 e. The zero-order valence-electron chi connectivity index (χ0n) is 8.59. The van der Waals surface area contributed by atoms with Crippen molar-refractivity contribution < 1.29 is 0 Å². The number of nitrogens with one attached hydrogen (secondary N) is 3. The summed E-state index contributed by atoms with van der Waals surface area (Å²) in [6, 6.07) is 0. The van der Waals surface area contributed by atoms with Crippen LogP contribution in [-0.4, -0.2) is 25.9 Å². The van der Waals surface area contributed by atoms with Crippen molar-refractivity contribution in [2.45, 2.75) is 0 Å². The van der Waals surface area contributed by atoms with Gasteiger partial charge in [0, 0.05) is 18.8 Å². The van der Waals surface area contributed by atoms with Crippen molar-refractivity contribution in [3.8, 4) is 0 Å². The lowest BCUT2D eigenvalue weighted by Crippen LogP contribution is -2.29. The number of hydrazine groups is 1. The summed E-state index contributed by atoms with van der Waals surface area (Å²) < 4.78 is 0. The maximum atomic E-state index is 4.09. The van der Waals surface area contributed by atoms with Gasteiger partial charge in [0.2, 0.25) is 0 Å². The lowest BCUT2D eigenvalue weighted by atomic mass is 10.2. The van der Waals surface area contributed by atoms with Crippen LogP contribution in [0.15, 0.2) is 36.6 Å². The fourth-order valence-corrected chi connectivity index (χ4v) is 0.958. The smallest absolute Gasteiger partial charge is 0.0351 e. The monoisotopic (exact) mass is 213 g/mol. The Labute approximate surface area is 91.7 Å². The molecule has 0 saturated heterocycles. The van der Waals surface area contributed by atoms with Crippen LogP contribution < -0.4 is 16.2 Å². The molecule has 0 amide bonds. The molecule has 80 valence electrons. The zero-order valence-corrected chi connectivity index (χ0v) is 9.48. The Hall–Kier alpha value is -0.710. The van der Waals surface area contributed by atoms with Crippen molar-refractivity contribution >= 4 is 12.6 Å². The molecule has 0 saturated carbocycles. The predicted octanol–water partition coefficient (Wildman–Crippen LogP) is 0.856. The van der Waals surface area contributed by atoms with Crippen LogP contribution in [0.5, 0.6) is 0 Å². The molecule has 0 aliphatic heterocycles. The minimum atomic E-state index is 0.765. The summed E-state index contributed by atoms with van der Waals surface area (Å²) >= 11 is 4.09. The summed E-state index contributed by atoms with van der Waals surface area (Å²) in [5, 5.41) is 3.12. The molecule has 0 aromatic heterocycles. The van der Waals surface area contributed by atoms with E-state index in [1.807, 2.05) is 25.4 Å². The molecule has 14 heavy (non-hydrogen) atoms. The molecule has 0 aliphatic rings. The molecule has 0 aliphatic carbocycles. The van der Waals surface area contributed by atoms with Gasteiger partial charge in [0.1, 0.15) is 0 Å². The van der Waals surface area contributed by atoms with E-state index in [4.69, 9.17) is 0 Å². The van der Waals surface area contributed by atoms with Crippen LogP contribution in [-0.2, 0) is 0 Å². The molecule has 0 unspecified atom stereocenters. The summed E-state index contributed by atoms with van der Waals surface area (Å²) in [5.41, 5.74) is 7.03. The first-order valence-electron chi connectivity index (χ1n) is 4.57. The van der Waals surface area contributed by atoms with E-state index in [1.165, 1.54) is 0 Å². The van der Waals surface area contributed by atoms with E-state index < -0.39 is 0 Å². The molecule has 3 N–H and O–H groups in total. The second-order valence-corrected chi connectivity index (χ2v) is 3.04. The van der Waals surface area contributed by atoms with Gasteiger partial charge in [0.05, 0.1) is 0 Å². The third kappa shape index (κ3) is 7.91. The molecule has 0 radical (unpaired) electrons. The number of hydrogen-bond donors (Lipinski definition) is 4. The van der Waals surface area contributed by atoms with Gasteiger partial charge in [-0.2, -0.15) is 12.6 Å². The van der Waals surface area contributed by atoms with E-state index in [9.17, 15) is 0 Å². The first-order valence-corrected chi connectivity index (χ1v) is 5.20. The fraction of sp³-hybridized carbons (Fsp3) is 0.400. The fourth-order valence-electron chi connectivity index (χ4n) is 0.829. The third-order valence-corrected chi connectivity index (χ3v) is 1.70. The number of allylic oxidation sites excluding steroid dienone is 2. The highest BCUT2D eigenvalue weighted by Crippen LogP contribution is 1.94. The van der Waals surface area contributed by atoms with Gasteiger partial charge in [-0.25, -0.2) is 0 Å². The molecular formula is C10H19N3S. The van der Waals surface area contributed by atoms with Crippen molar-refractivity contribution in [3.63, 3.8) is 0 Å². The van der Waals surface area contributed by atoms with Gasteiger partial charge < -0.3 is 5.32 Å². The maximum absolute atomic E-state index is 4.09. The van der Waals surface area contributed by atoms with Gasteiger partial charge >= 0.3 is 0 Å². The molecular weight excluding hydrogens is 194 g/mol. The largest absolute Gasteiger partial charge is 0.390 e. The summed E-state index contributed by atoms with van der Waals surface area (Å²) in [7, 11) is 1.84. The Morgan fingerprint density at radius 2 is 2.29 bits per heavy atom. The lowest BCUT2D eigenvalue weighted by Gasteiger charge is -2.03. The summed E-state index contributed by atoms with van der Waals surface area (Å²) in [4.78, 5) is 0. The first-order chi connectivity index (χ1) is 6.85. The standard InChI is InChI=1S/C10H19N3S/c1-3-4-10(9-13-11-2)5-6-12-7-8-14/h3-6,11-14H,1,7-9H2,2H3/b6-5-,10-4+. The molecule has 0 atom stereocenters. The molecule has 0 heterocycles. The van der Waals surface area contributed by atoms with Crippen LogP contribution in [0, 0.1) is 0 Å². The Morgan fingerprint density at radius 3 is 2.86 bits per heavy atom. The van der Waals surface area contributed by atoms with Crippen molar-refractivity contribution in [1.82, 2.24) is 16.2 Å². The zero-order chi connectivity index (χ0) is 10.6. The topological polar surface area (TPSA) is 36.1 Å². The number of hydrogen-bond acceptors (Lipinski definition) is 4. The van der Waals surface area contributed by atoms with Gasteiger partial charge in [-0.15, -0.1) is 0 Å². The van der Waals surface area contributed by atoms with E-state index in [0.29, 0.717) is 0 Å². The number of thiol groups is 1. The molecule has 0 rings (SSSR count). The number of rotatable bonds is 8. The van der Waals surface area contributed by atoms with Gasteiger partial charge in [-0.05, 0) is 24.9 Å². The predicted molar refractivity (Wildman–Crippen MR) is 66.3 cm³/mol. The van der Waals surface area contributed by atoms with Crippen LogP contribution in [0.3, 0.4) is 0 Å². The second kappa shape index (κ2) is 10.4. The highest BCUT2D eigenvalue weighted by atomic mass is 32.1. The molecule has 0 fully saturated rings. The van der Waals surface area contributed by atoms with Gasteiger partial charge in [-0.3, -0.25) is 10.9 Å². The lowest BCUT2D eigenvalue weighted by molar-refractivity contribution is 0.638. The minimum absolute atomic E-state index is 0.765. The molecule has 4 heteroatoms. The highest BCUT2D eigenvalue weighted by molar-refractivity contribution is 7.80. The third-order valence-electron chi connectivity index (χ3n) is 1.47. The SMILES string of the molecule is C=C/C=C(\C=C/NCCS)CNNC. The average molecular weight is 213 g/mol. The average Bonchev–Trinajstić information content (AvgIpc) is 2.20. The van der Waals surface area contributed by atoms with Crippen LogP contribution in [0.4, 0.5) is 0 Å². The Kier molecular flexibility index (Phi) is 9.85. The van der Waals surface area contributed by atoms with E-state index >= 15 is 0 Å². The second-order valence-electron chi connectivity index (χ2n) is 2.59. The highest BCUT2D eigenvalue weighted by Gasteiger charge is 1.88. The normalized spacial score (nSPS) is 12.0. The summed E-state index contributed by atoms with van der Waals surface area (Å²) in [6.07, 6.45) is 7.66. The van der Waals surface area contributed by atoms with Gasteiger partial charge in [0.25, 0.3) is 0 Å². The maximum Gasteiger partial charge on any atom is 0.0351 e. The van der Waals surface area contributed by atoms with Gasteiger partial charge in [0.15, 0.2) is 0 Å². The van der Waals surface area contributed by atoms with Crippen molar-refractivity contribution in [2.24, 2.45) is 0 Å². The Bertz CT molecular complexity index is 200. The quantitative estimate of drug-likeness (QED) is 0.209. The molecule has 0 bridgehead atoms. The Balaban J connectivity index is 3.89. The molecule has 0 aromatic carbocycles. The van der Waals surface area contributed by atoms with E-state index in [-0.39, 0.29) is 0 Å². The van der Waals surface area contributed by atoms with Crippen molar-refractivity contribution in [3.05, 3.63) is 36.6 Å². The Morgan fingerprint density at radius 1 is 1.50 bits per heavy atom. The van der Waals surface area contributed by atoms with Crippen LogP contribution in [0.25, 0.3) is 0 Å². The molecule has 3 nitrogen and oxygen atoms in total. The molecule has 0 aromatic rings. The van der Waals surface area contributed by atoms with E-state index in [2.05, 4.69) is 35.4 Å². The van der Waals surface area contributed by atoms with Crippen molar-refractivity contribution in [1.29, 1.82) is 0 Å². The molecule has 0 spiro atoms. The van der Waals surface area contributed by atoms with Crippen LogP contribution >= 0.6 is 12.6 Å². The summed E-state index contributed by atoms with van der Waals surface area (Å²) in [5.74, 6) is 0.833.